The largest absolute Gasteiger partial charge is 0.435 e. The standard InChI is InChI=1S/C14H14BrF3N2/c1-13(2,3)20-11(8-12(19-20)14(16,17)18)9-4-6-10(15)7-5-9/h4-8H,1-3H3. The zero-order valence-electron chi connectivity index (χ0n) is 11.3. The second kappa shape index (κ2) is 4.91. The molecule has 0 aliphatic rings. The van der Waals surface area contributed by atoms with E-state index in [4.69, 9.17) is 0 Å². The summed E-state index contributed by atoms with van der Waals surface area (Å²) in [7, 11) is 0. The molecule has 0 fully saturated rings. The second-order valence-corrected chi connectivity index (χ2v) is 6.42. The van der Waals surface area contributed by atoms with E-state index in [0.29, 0.717) is 11.3 Å². The van der Waals surface area contributed by atoms with Crippen molar-refractivity contribution in [2.75, 3.05) is 0 Å². The van der Waals surface area contributed by atoms with Crippen LogP contribution in [0, 0.1) is 0 Å². The molecule has 6 heteroatoms. The smallest absolute Gasteiger partial charge is 0.259 e. The van der Waals surface area contributed by atoms with Gasteiger partial charge in [0.2, 0.25) is 0 Å². The van der Waals surface area contributed by atoms with Crippen LogP contribution in [-0.4, -0.2) is 9.78 Å². The Bertz CT molecular complexity index is 607. The first-order valence-electron chi connectivity index (χ1n) is 6.03. The van der Waals surface area contributed by atoms with Crippen LogP contribution in [0.15, 0.2) is 34.8 Å². The highest BCUT2D eigenvalue weighted by Gasteiger charge is 2.36. The van der Waals surface area contributed by atoms with Gasteiger partial charge in [-0.3, -0.25) is 4.68 Å². The van der Waals surface area contributed by atoms with Crippen molar-refractivity contribution in [1.29, 1.82) is 0 Å². The molecule has 2 aromatic rings. The molecule has 0 amide bonds. The predicted molar refractivity (Wildman–Crippen MR) is 75.4 cm³/mol. The number of nitrogens with zero attached hydrogens (tertiary/aromatic N) is 2. The summed E-state index contributed by atoms with van der Waals surface area (Å²) in [6.45, 7) is 5.47. The van der Waals surface area contributed by atoms with Gasteiger partial charge in [-0.25, -0.2) is 0 Å². The van der Waals surface area contributed by atoms with Crippen LogP contribution in [0.2, 0.25) is 0 Å². The first-order valence-corrected chi connectivity index (χ1v) is 6.82. The van der Waals surface area contributed by atoms with Crippen LogP contribution in [0.3, 0.4) is 0 Å². The fraction of sp³-hybridized carbons (Fsp3) is 0.357. The predicted octanol–water partition coefficient (Wildman–Crippen LogP) is 5.09. The maximum absolute atomic E-state index is 12.9. The summed E-state index contributed by atoms with van der Waals surface area (Å²) in [5, 5.41) is 3.73. The van der Waals surface area contributed by atoms with Crippen molar-refractivity contribution < 1.29 is 13.2 Å². The van der Waals surface area contributed by atoms with Gasteiger partial charge in [0.1, 0.15) is 0 Å². The normalized spacial score (nSPS) is 12.8. The highest BCUT2D eigenvalue weighted by Crippen LogP contribution is 2.34. The van der Waals surface area contributed by atoms with E-state index in [2.05, 4.69) is 21.0 Å². The van der Waals surface area contributed by atoms with Crippen LogP contribution in [-0.2, 0) is 11.7 Å². The summed E-state index contributed by atoms with van der Waals surface area (Å²) in [5.41, 5.74) is -0.250. The van der Waals surface area contributed by atoms with E-state index in [9.17, 15) is 13.2 Å². The van der Waals surface area contributed by atoms with E-state index in [-0.39, 0.29) is 0 Å². The van der Waals surface area contributed by atoms with Crippen molar-refractivity contribution in [2.45, 2.75) is 32.5 Å². The SMILES string of the molecule is CC(C)(C)n1nc(C(F)(F)F)cc1-c1ccc(Br)cc1. The van der Waals surface area contributed by atoms with Gasteiger partial charge in [0.25, 0.3) is 0 Å². The van der Waals surface area contributed by atoms with Crippen molar-refractivity contribution in [3.05, 3.63) is 40.5 Å². The number of benzene rings is 1. The summed E-state index contributed by atoms with van der Waals surface area (Å²) >= 11 is 3.31. The van der Waals surface area contributed by atoms with Crippen molar-refractivity contribution >= 4 is 15.9 Å². The molecule has 2 rings (SSSR count). The van der Waals surface area contributed by atoms with Gasteiger partial charge >= 0.3 is 6.18 Å². The first-order chi connectivity index (χ1) is 9.09. The molecule has 0 aliphatic heterocycles. The van der Waals surface area contributed by atoms with E-state index in [1.165, 1.54) is 4.68 Å². The van der Waals surface area contributed by atoms with Crippen molar-refractivity contribution in [1.82, 2.24) is 9.78 Å². The van der Waals surface area contributed by atoms with E-state index in [1.807, 2.05) is 20.8 Å². The quantitative estimate of drug-likeness (QED) is 0.703. The fourth-order valence-electron chi connectivity index (χ4n) is 1.86. The first kappa shape index (κ1) is 15.1. The zero-order valence-corrected chi connectivity index (χ0v) is 12.9. The van der Waals surface area contributed by atoms with Gasteiger partial charge < -0.3 is 0 Å². The number of hydrogen-bond acceptors (Lipinski definition) is 1. The molecule has 0 aliphatic carbocycles. The number of alkyl halides is 3. The van der Waals surface area contributed by atoms with Gasteiger partial charge in [0, 0.05) is 4.47 Å². The molecule has 0 bridgehead atoms. The Hall–Kier alpha value is -1.30. The minimum atomic E-state index is -4.44. The van der Waals surface area contributed by atoms with Crippen LogP contribution in [0.4, 0.5) is 13.2 Å². The zero-order chi connectivity index (χ0) is 15.1. The third-order valence-corrected chi connectivity index (χ3v) is 3.30. The van der Waals surface area contributed by atoms with Crippen LogP contribution >= 0.6 is 15.9 Å². The molecule has 0 spiro atoms. The Kier molecular flexibility index (Phi) is 3.71. The van der Waals surface area contributed by atoms with Crippen LogP contribution in [0.1, 0.15) is 26.5 Å². The lowest BCUT2D eigenvalue weighted by atomic mass is 10.1. The maximum atomic E-state index is 12.9. The minimum absolute atomic E-state index is 0.456. The Morgan fingerprint density at radius 1 is 1.05 bits per heavy atom. The third kappa shape index (κ3) is 3.06. The molecule has 108 valence electrons. The summed E-state index contributed by atoms with van der Waals surface area (Å²) in [5.74, 6) is 0. The molecule has 1 aromatic heterocycles. The average molecular weight is 347 g/mol. The topological polar surface area (TPSA) is 17.8 Å². The van der Waals surface area contributed by atoms with E-state index < -0.39 is 17.4 Å². The maximum Gasteiger partial charge on any atom is 0.435 e. The Balaban J connectivity index is 2.62. The molecule has 0 saturated heterocycles. The van der Waals surface area contributed by atoms with E-state index >= 15 is 0 Å². The van der Waals surface area contributed by atoms with Crippen LogP contribution < -0.4 is 0 Å². The van der Waals surface area contributed by atoms with Crippen molar-refractivity contribution in [3.8, 4) is 11.3 Å². The highest BCUT2D eigenvalue weighted by molar-refractivity contribution is 9.10. The van der Waals surface area contributed by atoms with Crippen molar-refractivity contribution in [2.24, 2.45) is 0 Å². The molecule has 1 heterocycles. The molecule has 1 aromatic carbocycles. The van der Waals surface area contributed by atoms with Gasteiger partial charge in [0.05, 0.1) is 11.2 Å². The van der Waals surface area contributed by atoms with Gasteiger partial charge in [-0.2, -0.15) is 18.3 Å². The number of aromatic nitrogens is 2. The molecule has 20 heavy (non-hydrogen) atoms. The Morgan fingerprint density at radius 2 is 1.60 bits per heavy atom. The minimum Gasteiger partial charge on any atom is -0.259 e. The Morgan fingerprint density at radius 3 is 2.05 bits per heavy atom. The summed E-state index contributed by atoms with van der Waals surface area (Å²) in [6, 6.07) is 8.21. The summed E-state index contributed by atoms with van der Waals surface area (Å²) in [6.07, 6.45) is -4.44. The summed E-state index contributed by atoms with van der Waals surface area (Å²) in [4.78, 5) is 0. The molecular formula is C14H14BrF3N2. The van der Waals surface area contributed by atoms with Crippen LogP contribution in [0.25, 0.3) is 11.3 Å². The number of rotatable bonds is 1. The van der Waals surface area contributed by atoms with E-state index in [1.54, 1.807) is 24.3 Å². The molecule has 2 nitrogen and oxygen atoms in total. The molecular weight excluding hydrogens is 333 g/mol. The molecule has 0 N–H and O–H groups in total. The average Bonchev–Trinajstić information content (AvgIpc) is 2.74. The lowest BCUT2D eigenvalue weighted by Gasteiger charge is -2.22. The van der Waals surface area contributed by atoms with Gasteiger partial charge in [0.15, 0.2) is 5.69 Å². The van der Waals surface area contributed by atoms with Gasteiger partial charge in [-0.1, -0.05) is 28.1 Å². The molecule has 0 unspecified atom stereocenters. The number of hydrogen-bond donors (Lipinski definition) is 0. The molecule has 0 radical (unpaired) electrons. The third-order valence-electron chi connectivity index (χ3n) is 2.78. The summed E-state index contributed by atoms with van der Waals surface area (Å²) < 4.78 is 40.9. The molecule has 0 saturated carbocycles. The fourth-order valence-corrected chi connectivity index (χ4v) is 2.12. The van der Waals surface area contributed by atoms with Gasteiger partial charge in [-0.05, 0) is 44.5 Å². The lowest BCUT2D eigenvalue weighted by Crippen LogP contribution is -2.24. The monoisotopic (exact) mass is 346 g/mol. The van der Waals surface area contributed by atoms with Crippen LogP contribution in [0.5, 0.6) is 0 Å². The van der Waals surface area contributed by atoms with E-state index in [0.717, 1.165) is 10.5 Å². The second-order valence-electron chi connectivity index (χ2n) is 5.50. The van der Waals surface area contributed by atoms with Gasteiger partial charge in [-0.15, -0.1) is 0 Å². The lowest BCUT2D eigenvalue weighted by molar-refractivity contribution is -0.141. The number of halogens is 4. The Labute approximate surface area is 123 Å². The molecule has 0 atom stereocenters. The highest BCUT2D eigenvalue weighted by atomic mass is 79.9. The van der Waals surface area contributed by atoms with Crippen molar-refractivity contribution in [3.63, 3.8) is 0 Å².